The summed E-state index contributed by atoms with van der Waals surface area (Å²) in [4.78, 5) is 8.07. The predicted molar refractivity (Wildman–Crippen MR) is 157 cm³/mol. The highest BCUT2D eigenvalue weighted by Crippen LogP contribution is 2.57. The van der Waals surface area contributed by atoms with Gasteiger partial charge in [-0.25, -0.2) is 14.5 Å². The van der Waals surface area contributed by atoms with E-state index in [1.165, 1.54) is 28.8 Å². The van der Waals surface area contributed by atoms with Crippen LogP contribution in [0.4, 0.5) is 22.0 Å². The second-order valence-corrected chi connectivity index (χ2v) is 12.5. The number of benzene rings is 2. The van der Waals surface area contributed by atoms with E-state index in [2.05, 4.69) is 20.2 Å². The molecule has 0 amide bonds. The molecule has 17 heteroatoms. The molecule has 1 fully saturated rings. The van der Waals surface area contributed by atoms with Gasteiger partial charge in [-0.2, -0.15) is 22.0 Å². The number of hydrogen-bond acceptors (Lipinski definition) is 9. The lowest BCUT2D eigenvalue weighted by atomic mass is 9.99. The summed E-state index contributed by atoms with van der Waals surface area (Å²) in [6, 6.07) is 16.8. The topological polar surface area (TPSA) is 114 Å². The molecular formula is C30H20ClF5N5O5P. The molecule has 2 aromatic carbocycles. The number of pyridine rings is 2. The molecule has 242 valence electrons. The number of fused-ring (bicyclic) bond motifs is 3. The number of hydrogen-bond donors (Lipinski definition) is 0. The fourth-order valence-electron chi connectivity index (χ4n) is 5.11. The van der Waals surface area contributed by atoms with E-state index < -0.39 is 31.7 Å². The molecule has 0 saturated carbocycles. The first-order valence-electron chi connectivity index (χ1n) is 13.9. The lowest BCUT2D eigenvalue weighted by Gasteiger charge is -2.29. The molecule has 1 saturated heterocycles. The lowest BCUT2D eigenvalue weighted by molar-refractivity contribution is -0.290. The quantitative estimate of drug-likeness (QED) is 0.120. The molecular weight excluding hydrogens is 672 g/mol. The Kier molecular flexibility index (Phi) is 7.84. The maximum atomic E-state index is 14.7. The van der Waals surface area contributed by atoms with E-state index in [1.54, 1.807) is 42.5 Å². The van der Waals surface area contributed by atoms with E-state index in [-0.39, 0.29) is 47.0 Å². The second kappa shape index (κ2) is 11.8. The van der Waals surface area contributed by atoms with Crippen LogP contribution in [0.3, 0.4) is 0 Å². The molecule has 0 radical (unpaired) electrons. The third kappa shape index (κ3) is 6.01. The van der Waals surface area contributed by atoms with Crippen LogP contribution in [0.15, 0.2) is 83.7 Å². The van der Waals surface area contributed by atoms with Gasteiger partial charge in [0, 0.05) is 23.0 Å². The minimum Gasteiger partial charge on any atom is -0.422 e. The molecule has 0 unspecified atom stereocenters. The van der Waals surface area contributed by atoms with Gasteiger partial charge in [0.25, 0.3) is 5.89 Å². The van der Waals surface area contributed by atoms with Crippen LogP contribution in [0.2, 0.25) is 5.02 Å². The molecule has 4 aromatic heterocycles. The van der Waals surface area contributed by atoms with Gasteiger partial charge in [-0.15, -0.1) is 10.2 Å². The van der Waals surface area contributed by atoms with E-state index in [1.807, 2.05) is 0 Å². The Bertz CT molecular complexity index is 2140. The van der Waals surface area contributed by atoms with Crippen molar-refractivity contribution in [1.82, 2.24) is 24.6 Å². The van der Waals surface area contributed by atoms with E-state index in [0.717, 1.165) is 6.39 Å². The molecule has 1 aliphatic rings. The number of imidazole rings is 1. The van der Waals surface area contributed by atoms with Gasteiger partial charge in [-0.1, -0.05) is 48.0 Å². The highest BCUT2D eigenvalue weighted by molar-refractivity contribution is 7.48. The summed E-state index contributed by atoms with van der Waals surface area (Å²) < 4.78 is 106. The minimum atomic E-state index is -5.91. The third-order valence-corrected chi connectivity index (χ3v) is 9.11. The number of phosphoric acid groups is 1. The monoisotopic (exact) mass is 691 g/mol. The Hall–Kier alpha value is -4.27. The summed E-state index contributed by atoms with van der Waals surface area (Å²) in [5.74, 6) is -5.25. The molecule has 7 rings (SSSR count). The van der Waals surface area contributed by atoms with E-state index in [0.29, 0.717) is 34.2 Å². The van der Waals surface area contributed by atoms with Crippen molar-refractivity contribution < 1.29 is 44.5 Å². The Labute approximate surface area is 266 Å². The molecule has 0 spiro atoms. The van der Waals surface area contributed by atoms with Crippen molar-refractivity contribution in [1.29, 1.82) is 0 Å². The van der Waals surface area contributed by atoms with Gasteiger partial charge in [0.2, 0.25) is 6.39 Å². The molecule has 5 heterocycles. The smallest absolute Gasteiger partial charge is 0.422 e. The Morgan fingerprint density at radius 1 is 1.02 bits per heavy atom. The SMILES string of the molecule is O=[P@@]1(OCc2ccc(-c3cc(C(F)(F)C(F)(F)F)nc4c3ccc3nc(-c5nnco5)cn34)cc2)OCC[C@@H](c2cccc(Cl)c2)O1. The molecule has 2 atom stereocenters. The van der Waals surface area contributed by atoms with Crippen LogP contribution < -0.4 is 0 Å². The average molecular weight is 692 g/mol. The number of phosphoric ester groups is 1. The number of rotatable bonds is 7. The summed E-state index contributed by atoms with van der Waals surface area (Å²) in [6.45, 7) is -0.0869. The van der Waals surface area contributed by atoms with Crippen molar-refractivity contribution >= 4 is 36.1 Å². The first kappa shape index (κ1) is 31.3. The molecule has 0 aliphatic carbocycles. The van der Waals surface area contributed by atoms with Gasteiger partial charge >= 0.3 is 19.9 Å². The summed E-state index contributed by atoms with van der Waals surface area (Å²) in [5, 5.41) is 8.10. The lowest BCUT2D eigenvalue weighted by Crippen LogP contribution is -2.34. The van der Waals surface area contributed by atoms with Crippen LogP contribution in [-0.2, 0) is 30.7 Å². The molecule has 0 N–H and O–H groups in total. The predicted octanol–water partition coefficient (Wildman–Crippen LogP) is 8.71. The van der Waals surface area contributed by atoms with Crippen molar-refractivity contribution in [3.8, 4) is 22.7 Å². The van der Waals surface area contributed by atoms with Crippen LogP contribution in [-0.4, -0.2) is 37.3 Å². The van der Waals surface area contributed by atoms with Gasteiger partial charge in [0.05, 0.1) is 19.3 Å². The fraction of sp³-hybridized carbons (Fsp3) is 0.200. The summed E-state index contributed by atoms with van der Waals surface area (Å²) in [6.07, 6.45) is -3.62. The summed E-state index contributed by atoms with van der Waals surface area (Å²) in [7, 11) is -3.96. The number of alkyl halides is 5. The van der Waals surface area contributed by atoms with E-state index >= 15 is 0 Å². The zero-order chi connectivity index (χ0) is 33.0. The normalized spacial score (nSPS) is 19.1. The fourth-order valence-corrected chi connectivity index (χ4v) is 6.68. The average Bonchev–Trinajstić information content (AvgIpc) is 3.74. The minimum absolute atomic E-state index is 0.0166. The first-order valence-corrected chi connectivity index (χ1v) is 15.7. The Morgan fingerprint density at radius 3 is 2.55 bits per heavy atom. The van der Waals surface area contributed by atoms with Gasteiger partial charge < -0.3 is 4.42 Å². The zero-order valence-electron chi connectivity index (χ0n) is 23.7. The molecule has 10 nitrogen and oxygen atoms in total. The van der Waals surface area contributed by atoms with Crippen LogP contribution >= 0.6 is 19.4 Å². The number of aromatic nitrogens is 5. The largest absolute Gasteiger partial charge is 0.475 e. The van der Waals surface area contributed by atoms with Crippen LogP contribution in [0, 0.1) is 0 Å². The first-order chi connectivity index (χ1) is 22.4. The van der Waals surface area contributed by atoms with Crippen molar-refractivity contribution in [2.45, 2.75) is 31.2 Å². The van der Waals surface area contributed by atoms with Crippen molar-refractivity contribution in [2.75, 3.05) is 6.61 Å². The van der Waals surface area contributed by atoms with Crippen LogP contribution in [0.1, 0.15) is 29.3 Å². The maximum absolute atomic E-state index is 14.7. The van der Waals surface area contributed by atoms with Crippen molar-refractivity contribution in [3.05, 3.63) is 101 Å². The van der Waals surface area contributed by atoms with Crippen molar-refractivity contribution in [2.24, 2.45) is 0 Å². The van der Waals surface area contributed by atoms with Gasteiger partial charge in [-0.3, -0.25) is 18.0 Å². The van der Waals surface area contributed by atoms with Gasteiger partial charge in [-0.05, 0) is 52.6 Å². The van der Waals surface area contributed by atoms with Gasteiger partial charge in [0.15, 0.2) is 0 Å². The zero-order valence-corrected chi connectivity index (χ0v) is 25.3. The highest BCUT2D eigenvalue weighted by atomic mass is 35.5. The standard InChI is InChI=1S/C30H20ClF5N5O5P/c31-20-3-1-2-19(12-20)24-10-11-44-47(42,46-24)45-15-17-4-6-18(7-5-17)22-13-25(29(32,33)30(34,35)36)39-27-21(22)8-9-26-38-23(14-41(26)27)28-40-37-16-43-28/h1-9,12-14,16,24H,10-11,15H2/t24-,47-/m0/s1. The Balaban J connectivity index is 1.21. The highest BCUT2D eigenvalue weighted by Gasteiger charge is 2.60. The van der Waals surface area contributed by atoms with Gasteiger partial charge in [0.1, 0.15) is 22.7 Å². The number of nitrogens with zero attached hydrogens (tertiary/aromatic N) is 5. The van der Waals surface area contributed by atoms with Crippen LogP contribution in [0.25, 0.3) is 39.4 Å². The third-order valence-electron chi connectivity index (χ3n) is 7.42. The van der Waals surface area contributed by atoms with Crippen molar-refractivity contribution in [3.63, 3.8) is 0 Å². The molecule has 1 aliphatic heterocycles. The summed E-state index contributed by atoms with van der Waals surface area (Å²) >= 11 is 6.07. The van der Waals surface area contributed by atoms with E-state index in [4.69, 9.17) is 29.6 Å². The molecule has 0 bridgehead atoms. The maximum Gasteiger partial charge on any atom is 0.475 e. The second-order valence-electron chi connectivity index (χ2n) is 10.5. The summed E-state index contributed by atoms with van der Waals surface area (Å²) in [5.41, 5.74) is 0.225. The molecule has 6 aromatic rings. The van der Waals surface area contributed by atoms with Crippen LogP contribution in [0.5, 0.6) is 0 Å². The van der Waals surface area contributed by atoms with E-state index in [9.17, 15) is 26.5 Å². The Morgan fingerprint density at radius 2 is 1.83 bits per heavy atom. The molecule has 47 heavy (non-hydrogen) atoms. The number of halogens is 6.